The molecule has 1 aliphatic carbocycles. The van der Waals surface area contributed by atoms with Crippen molar-refractivity contribution in [1.82, 2.24) is 10.2 Å². The predicted octanol–water partition coefficient (Wildman–Crippen LogP) is 1.38. The van der Waals surface area contributed by atoms with Crippen LogP contribution in [0.15, 0.2) is 4.42 Å². The van der Waals surface area contributed by atoms with Crippen LogP contribution in [0.25, 0.3) is 0 Å². The quantitative estimate of drug-likeness (QED) is 0.657. The highest BCUT2D eigenvalue weighted by Crippen LogP contribution is 2.38. The van der Waals surface area contributed by atoms with Gasteiger partial charge in [-0.3, -0.25) is 0 Å². The second-order valence-corrected chi connectivity index (χ2v) is 2.78. The summed E-state index contributed by atoms with van der Waals surface area (Å²) in [5.74, 6) is 2.52. The Balaban J connectivity index is 2.19. The molecule has 0 aromatic carbocycles. The second-order valence-electron chi connectivity index (χ2n) is 2.47. The minimum absolute atomic E-state index is 0.541. The van der Waals surface area contributed by atoms with Crippen LogP contribution in [0.4, 0.5) is 0 Å². The first-order chi connectivity index (χ1) is 4.90. The third kappa shape index (κ3) is 1.03. The molecular weight excluding hydrogens is 148 g/mol. The monoisotopic (exact) mass is 156 g/mol. The summed E-state index contributed by atoms with van der Waals surface area (Å²) in [4.78, 5) is 0. The number of nitrogens with zero attached hydrogens (tertiary/aromatic N) is 2. The standard InChI is InChI=1S/C6H8N2OS/c10-3-5-7-8-6(9-5)4-1-2-4/h4,10H,1-3H2. The second kappa shape index (κ2) is 2.27. The predicted molar refractivity (Wildman–Crippen MR) is 39.0 cm³/mol. The van der Waals surface area contributed by atoms with Crippen LogP contribution in [-0.2, 0) is 5.75 Å². The molecule has 1 aromatic heterocycles. The van der Waals surface area contributed by atoms with Gasteiger partial charge in [-0.15, -0.1) is 10.2 Å². The van der Waals surface area contributed by atoms with Crippen LogP contribution in [0, 0.1) is 0 Å². The third-order valence-corrected chi connectivity index (χ3v) is 1.81. The van der Waals surface area contributed by atoms with Crippen LogP contribution >= 0.6 is 12.6 Å². The normalized spacial score (nSPS) is 17.7. The van der Waals surface area contributed by atoms with Gasteiger partial charge in [0.2, 0.25) is 11.8 Å². The van der Waals surface area contributed by atoms with E-state index in [1.54, 1.807) is 0 Å². The molecule has 0 aliphatic heterocycles. The van der Waals surface area contributed by atoms with E-state index >= 15 is 0 Å². The van der Waals surface area contributed by atoms with Crippen LogP contribution in [0.1, 0.15) is 30.5 Å². The van der Waals surface area contributed by atoms with Gasteiger partial charge in [-0.05, 0) is 12.8 Å². The summed E-state index contributed by atoms with van der Waals surface area (Å²) in [6.45, 7) is 0. The minimum atomic E-state index is 0.541. The molecule has 0 bridgehead atoms. The smallest absolute Gasteiger partial charge is 0.226 e. The molecule has 0 atom stereocenters. The highest BCUT2D eigenvalue weighted by Gasteiger charge is 2.28. The molecule has 0 saturated heterocycles. The molecule has 0 spiro atoms. The summed E-state index contributed by atoms with van der Waals surface area (Å²) in [5.41, 5.74) is 0. The Bertz CT molecular complexity index is 231. The van der Waals surface area contributed by atoms with Crippen LogP contribution in [-0.4, -0.2) is 10.2 Å². The van der Waals surface area contributed by atoms with Crippen molar-refractivity contribution in [3.8, 4) is 0 Å². The maximum atomic E-state index is 5.26. The van der Waals surface area contributed by atoms with Crippen molar-refractivity contribution in [2.45, 2.75) is 24.5 Å². The van der Waals surface area contributed by atoms with Crippen molar-refractivity contribution in [2.75, 3.05) is 0 Å². The first-order valence-corrected chi connectivity index (χ1v) is 3.96. The third-order valence-electron chi connectivity index (χ3n) is 1.54. The molecule has 1 fully saturated rings. The maximum Gasteiger partial charge on any atom is 0.226 e. The van der Waals surface area contributed by atoms with Gasteiger partial charge < -0.3 is 4.42 Å². The zero-order valence-electron chi connectivity index (χ0n) is 5.45. The molecule has 3 nitrogen and oxygen atoms in total. The Morgan fingerprint density at radius 3 is 2.80 bits per heavy atom. The first-order valence-electron chi connectivity index (χ1n) is 3.33. The van der Waals surface area contributed by atoms with E-state index < -0.39 is 0 Å². The average molecular weight is 156 g/mol. The fourth-order valence-electron chi connectivity index (χ4n) is 0.826. The van der Waals surface area contributed by atoms with E-state index in [0.29, 0.717) is 17.6 Å². The molecule has 1 aliphatic rings. The lowest BCUT2D eigenvalue weighted by Crippen LogP contribution is -1.76. The highest BCUT2D eigenvalue weighted by molar-refractivity contribution is 7.79. The van der Waals surface area contributed by atoms with Crippen molar-refractivity contribution in [1.29, 1.82) is 0 Å². The van der Waals surface area contributed by atoms with E-state index in [1.807, 2.05) is 0 Å². The van der Waals surface area contributed by atoms with E-state index in [4.69, 9.17) is 4.42 Å². The van der Waals surface area contributed by atoms with Gasteiger partial charge in [0.25, 0.3) is 0 Å². The van der Waals surface area contributed by atoms with E-state index in [2.05, 4.69) is 22.8 Å². The first kappa shape index (κ1) is 6.22. The van der Waals surface area contributed by atoms with Gasteiger partial charge in [0.05, 0.1) is 5.75 Å². The Morgan fingerprint density at radius 1 is 1.50 bits per heavy atom. The summed E-state index contributed by atoms with van der Waals surface area (Å²) in [6, 6.07) is 0. The molecule has 0 radical (unpaired) electrons. The number of rotatable bonds is 2. The Hall–Kier alpha value is -0.510. The molecule has 10 heavy (non-hydrogen) atoms. The lowest BCUT2D eigenvalue weighted by molar-refractivity contribution is 0.466. The average Bonchev–Trinajstić information content (AvgIpc) is 2.70. The lowest BCUT2D eigenvalue weighted by atomic mass is 10.4. The number of hydrogen-bond acceptors (Lipinski definition) is 4. The van der Waals surface area contributed by atoms with Gasteiger partial charge in [0.15, 0.2) is 0 Å². The van der Waals surface area contributed by atoms with Crippen molar-refractivity contribution >= 4 is 12.6 Å². The summed E-state index contributed by atoms with van der Waals surface area (Å²) < 4.78 is 5.26. The molecule has 1 aromatic rings. The number of thiol groups is 1. The lowest BCUT2D eigenvalue weighted by Gasteiger charge is -1.82. The van der Waals surface area contributed by atoms with Crippen molar-refractivity contribution in [2.24, 2.45) is 0 Å². The minimum Gasteiger partial charge on any atom is -0.424 e. The largest absolute Gasteiger partial charge is 0.424 e. The fourth-order valence-corrected chi connectivity index (χ4v) is 0.954. The van der Waals surface area contributed by atoms with Gasteiger partial charge in [-0.25, -0.2) is 0 Å². The van der Waals surface area contributed by atoms with E-state index in [-0.39, 0.29) is 0 Å². The molecule has 1 heterocycles. The summed E-state index contributed by atoms with van der Waals surface area (Å²) >= 11 is 4.02. The van der Waals surface area contributed by atoms with Gasteiger partial charge in [0, 0.05) is 5.92 Å². The fraction of sp³-hybridized carbons (Fsp3) is 0.667. The molecule has 2 rings (SSSR count). The molecule has 4 heteroatoms. The maximum absolute atomic E-state index is 5.26. The number of aromatic nitrogens is 2. The van der Waals surface area contributed by atoms with E-state index in [0.717, 1.165) is 5.89 Å². The summed E-state index contributed by atoms with van der Waals surface area (Å²) in [5, 5.41) is 7.69. The van der Waals surface area contributed by atoms with Crippen molar-refractivity contribution in [3.05, 3.63) is 11.8 Å². The Kier molecular flexibility index (Phi) is 1.41. The van der Waals surface area contributed by atoms with Crippen molar-refractivity contribution < 1.29 is 4.42 Å². The van der Waals surface area contributed by atoms with Crippen LogP contribution in [0.3, 0.4) is 0 Å². The van der Waals surface area contributed by atoms with Crippen molar-refractivity contribution in [3.63, 3.8) is 0 Å². The number of hydrogen-bond donors (Lipinski definition) is 1. The van der Waals surface area contributed by atoms with Gasteiger partial charge in [0.1, 0.15) is 0 Å². The summed E-state index contributed by atoms with van der Waals surface area (Å²) in [6.07, 6.45) is 2.41. The van der Waals surface area contributed by atoms with Crippen LogP contribution in [0.5, 0.6) is 0 Å². The highest BCUT2D eigenvalue weighted by atomic mass is 32.1. The molecule has 0 unspecified atom stereocenters. The molecule has 0 N–H and O–H groups in total. The van der Waals surface area contributed by atoms with E-state index in [9.17, 15) is 0 Å². The molecule has 54 valence electrons. The molecular formula is C6H8N2OS. The summed E-state index contributed by atoms with van der Waals surface area (Å²) in [7, 11) is 0. The molecule has 0 amide bonds. The zero-order chi connectivity index (χ0) is 6.97. The van der Waals surface area contributed by atoms with Crippen LogP contribution < -0.4 is 0 Å². The molecule has 1 saturated carbocycles. The Labute approximate surface area is 64.2 Å². The van der Waals surface area contributed by atoms with Gasteiger partial charge in [-0.2, -0.15) is 12.6 Å². The van der Waals surface area contributed by atoms with E-state index in [1.165, 1.54) is 12.8 Å². The van der Waals surface area contributed by atoms with Gasteiger partial charge >= 0.3 is 0 Å². The topological polar surface area (TPSA) is 38.9 Å². The zero-order valence-corrected chi connectivity index (χ0v) is 6.34. The Morgan fingerprint density at radius 2 is 2.30 bits per heavy atom. The van der Waals surface area contributed by atoms with Gasteiger partial charge in [-0.1, -0.05) is 0 Å². The SMILES string of the molecule is SCc1nnc(C2CC2)o1. The van der Waals surface area contributed by atoms with Crippen LogP contribution in [0.2, 0.25) is 0 Å².